The first-order valence-electron chi connectivity index (χ1n) is 13.5. The molecule has 13 nitrogen and oxygen atoms in total. The quantitative estimate of drug-likeness (QED) is 0.230. The van der Waals surface area contributed by atoms with Crippen LogP contribution in [-0.2, 0) is 36.9 Å². The molecule has 1 aromatic heterocycles. The number of hydrogen-bond acceptors (Lipinski definition) is 8. The van der Waals surface area contributed by atoms with E-state index < -0.39 is 48.1 Å². The van der Waals surface area contributed by atoms with Crippen molar-refractivity contribution in [3.8, 4) is 0 Å². The molecule has 0 aliphatic carbocycles. The molecule has 4 rings (SSSR count). The van der Waals surface area contributed by atoms with E-state index in [0.29, 0.717) is 12.2 Å². The van der Waals surface area contributed by atoms with Gasteiger partial charge < -0.3 is 30.0 Å². The number of imide groups is 1. The van der Waals surface area contributed by atoms with Gasteiger partial charge in [-0.3, -0.25) is 14.5 Å². The highest BCUT2D eigenvalue weighted by atomic mass is 16.6. The van der Waals surface area contributed by atoms with Crippen LogP contribution in [0.5, 0.6) is 0 Å². The Balaban J connectivity index is 1.29. The average molecular weight is 579 g/mol. The van der Waals surface area contributed by atoms with Gasteiger partial charge in [-0.05, 0) is 38.5 Å². The third-order valence-corrected chi connectivity index (χ3v) is 6.19. The third kappa shape index (κ3) is 8.29. The Morgan fingerprint density at radius 2 is 1.76 bits per heavy atom. The first kappa shape index (κ1) is 30.0. The van der Waals surface area contributed by atoms with Gasteiger partial charge in [0, 0.05) is 19.5 Å². The zero-order valence-electron chi connectivity index (χ0n) is 23.7. The van der Waals surface area contributed by atoms with Gasteiger partial charge in [-0.2, -0.15) is 0 Å². The summed E-state index contributed by atoms with van der Waals surface area (Å²) in [5.74, 6) is -1.32. The number of aromatic nitrogens is 2. The van der Waals surface area contributed by atoms with Crippen molar-refractivity contribution in [1.82, 2.24) is 30.4 Å². The predicted octanol–water partition coefficient (Wildman–Crippen LogP) is 2.12. The Bertz CT molecular complexity index is 1420. The molecular formula is C29H34N6O7. The summed E-state index contributed by atoms with van der Waals surface area (Å²) < 4.78 is 10.6. The second kappa shape index (κ2) is 13.1. The van der Waals surface area contributed by atoms with Crippen LogP contribution in [0.25, 0.3) is 11.0 Å². The van der Waals surface area contributed by atoms with Crippen LogP contribution in [0.3, 0.4) is 0 Å². The van der Waals surface area contributed by atoms with Crippen molar-refractivity contribution in [2.24, 2.45) is 0 Å². The molecule has 1 aliphatic rings. The minimum absolute atomic E-state index is 0.0217. The van der Waals surface area contributed by atoms with Crippen molar-refractivity contribution >= 4 is 40.9 Å². The lowest BCUT2D eigenvalue weighted by molar-refractivity contribution is -0.157. The van der Waals surface area contributed by atoms with Gasteiger partial charge in [-0.15, -0.1) is 0 Å². The number of rotatable bonds is 11. The lowest BCUT2D eigenvalue weighted by Gasteiger charge is -2.25. The largest absolute Gasteiger partial charge is 0.458 e. The van der Waals surface area contributed by atoms with E-state index in [-0.39, 0.29) is 26.2 Å². The molecule has 1 saturated heterocycles. The summed E-state index contributed by atoms with van der Waals surface area (Å²) in [5, 5.41) is 4.90. The average Bonchev–Trinajstić information content (AvgIpc) is 3.48. The van der Waals surface area contributed by atoms with E-state index in [1.807, 2.05) is 30.3 Å². The van der Waals surface area contributed by atoms with Gasteiger partial charge in [0.25, 0.3) is 5.91 Å². The molecule has 0 radical (unpaired) electrons. The Kier molecular flexibility index (Phi) is 9.40. The van der Waals surface area contributed by atoms with Crippen LogP contribution in [0.2, 0.25) is 0 Å². The number of amides is 5. The number of H-pyrrole nitrogens is 1. The van der Waals surface area contributed by atoms with Crippen molar-refractivity contribution in [2.45, 2.75) is 45.4 Å². The van der Waals surface area contributed by atoms with Gasteiger partial charge >= 0.3 is 18.1 Å². The van der Waals surface area contributed by atoms with Gasteiger partial charge in [0.1, 0.15) is 37.2 Å². The number of hydrogen-bond donors (Lipinski definition) is 3. The van der Waals surface area contributed by atoms with E-state index in [4.69, 9.17) is 9.47 Å². The fraction of sp³-hybridized carbons (Fsp3) is 0.379. The number of ether oxygens (including phenoxy) is 2. The SMILES string of the molecule is CC(C)(C)OC(=O)C(CNC(=O)CN1C(=O)CN(CCc2nc3ccccc3[nH]2)C1=O)NC(=O)OCc1ccccc1. The molecule has 42 heavy (non-hydrogen) atoms. The molecule has 1 fully saturated rings. The number of urea groups is 1. The van der Waals surface area contributed by atoms with Crippen LogP contribution in [0.4, 0.5) is 9.59 Å². The summed E-state index contributed by atoms with van der Waals surface area (Å²) >= 11 is 0. The standard InChI is InChI=1S/C29H34N6O7/c1-29(2,3)42-26(38)22(33-27(39)41-18-19-9-5-4-6-10-19)15-30-24(36)16-35-25(37)17-34(28(35)40)14-13-23-31-20-11-7-8-12-21(20)32-23/h4-12,22H,13-18H2,1-3H3,(H,30,36)(H,31,32)(H,33,39). The number of alkyl carbamates (subject to hydrolysis) is 1. The van der Waals surface area contributed by atoms with E-state index in [2.05, 4.69) is 20.6 Å². The number of benzene rings is 2. The maximum atomic E-state index is 12.9. The van der Waals surface area contributed by atoms with Crippen molar-refractivity contribution in [1.29, 1.82) is 0 Å². The molecule has 13 heteroatoms. The zero-order chi connectivity index (χ0) is 30.3. The number of aromatic amines is 1. The van der Waals surface area contributed by atoms with Crippen LogP contribution in [0.15, 0.2) is 54.6 Å². The summed E-state index contributed by atoms with van der Waals surface area (Å²) in [6.45, 7) is 4.15. The van der Waals surface area contributed by atoms with E-state index in [1.54, 1.807) is 45.0 Å². The smallest absolute Gasteiger partial charge is 0.408 e. The van der Waals surface area contributed by atoms with Gasteiger partial charge in [0.2, 0.25) is 5.91 Å². The fourth-order valence-corrected chi connectivity index (χ4v) is 4.18. The Morgan fingerprint density at radius 3 is 2.48 bits per heavy atom. The summed E-state index contributed by atoms with van der Waals surface area (Å²) in [5.41, 5.74) is 1.58. The number of esters is 1. The first-order chi connectivity index (χ1) is 20.0. The number of para-hydroxylation sites is 2. The maximum Gasteiger partial charge on any atom is 0.408 e. The van der Waals surface area contributed by atoms with E-state index in [1.165, 1.54) is 4.90 Å². The van der Waals surface area contributed by atoms with Gasteiger partial charge in [-0.1, -0.05) is 42.5 Å². The number of imidazole rings is 1. The Labute approximate surface area is 242 Å². The molecule has 3 N–H and O–H groups in total. The van der Waals surface area contributed by atoms with Crippen LogP contribution >= 0.6 is 0 Å². The number of nitrogens with zero attached hydrogens (tertiary/aromatic N) is 3. The molecular weight excluding hydrogens is 544 g/mol. The third-order valence-electron chi connectivity index (χ3n) is 6.19. The molecule has 0 saturated carbocycles. The Hall–Kier alpha value is -4.94. The molecule has 1 unspecified atom stereocenters. The van der Waals surface area contributed by atoms with E-state index >= 15 is 0 Å². The highest BCUT2D eigenvalue weighted by Gasteiger charge is 2.37. The monoisotopic (exact) mass is 578 g/mol. The topological polar surface area (TPSA) is 163 Å². The Morgan fingerprint density at radius 1 is 1.05 bits per heavy atom. The normalized spacial score (nSPS) is 14.2. The van der Waals surface area contributed by atoms with Crippen molar-refractivity contribution in [3.63, 3.8) is 0 Å². The zero-order valence-corrected chi connectivity index (χ0v) is 23.7. The summed E-state index contributed by atoms with van der Waals surface area (Å²) in [6.07, 6.45) is -0.480. The second-order valence-corrected chi connectivity index (χ2v) is 10.7. The maximum absolute atomic E-state index is 12.9. The molecule has 1 atom stereocenters. The molecule has 2 heterocycles. The molecule has 2 aromatic carbocycles. The number of carbonyl (C=O) groups excluding carboxylic acids is 5. The number of carbonyl (C=O) groups is 5. The lowest BCUT2D eigenvalue weighted by atomic mass is 10.2. The summed E-state index contributed by atoms with van der Waals surface area (Å²) in [4.78, 5) is 73.1. The molecule has 5 amide bonds. The van der Waals surface area contributed by atoms with Gasteiger partial charge in [0.05, 0.1) is 11.0 Å². The summed E-state index contributed by atoms with van der Waals surface area (Å²) in [7, 11) is 0. The molecule has 0 bridgehead atoms. The number of nitrogens with one attached hydrogen (secondary N) is 3. The van der Waals surface area contributed by atoms with Crippen LogP contribution in [0.1, 0.15) is 32.2 Å². The van der Waals surface area contributed by atoms with Crippen LogP contribution < -0.4 is 10.6 Å². The van der Waals surface area contributed by atoms with E-state index in [0.717, 1.165) is 21.5 Å². The van der Waals surface area contributed by atoms with Gasteiger partial charge in [0.15, 0.2) is 0 Å². The van der Waals surface area contributed by atoms with E-state index in [9.17, 15) is 24.0 Å². The number of fused-ring (bicyclic) bond motifs is 1. The highest BCUT2D eigenvalue weighted by molar-refractivity contribution is 6.04. The fourth-order valence-electron chi connectivity index (χ4n) is 4.18. The van der Waals surface area contributed by atoms with Crippen LogP contribution in [-0.4, -0.2) is 87.5 Å². The van der Waals surface area contributed by atoms with Crippen molar-refractivity contribution in [2.75, 3.05) is 26.2 Å². The highest BCUT2D eigenvalue weighted by Crippen LogP contribution is 2.14. The minimum atomic E-state index is -1.28. The predicted molar refractivity (Wildman–Crippen MR) is 151 cm³/mol. The van der Waals surface area contributed by atoms with Crippen molar-refractivity contribution in [3.05, 3.63) is 66.0 Å². The lowest BCUT2D eigenvalue weighted by Crippen LogP contribution is -2.52. The van der Waals surface area contributed by atoms with Crippen LogP contribution in [0, 0.1) is 0 Å². The minimum Gasteiger partial charge on any atom is -0.458 e. The second-order valence-electron chi connectivity index (χ2n) is 10.7. The molecule has 0 spiro atoms. The molecule has 1 aliphatic heterocycles. The van der Waals surface area contributed by atoms with Gasteiger partial charge in [-0.25, -0.2) is 19.4 Å². The first-order valence-corrected chi connectivity index (χ1v) is 13.5. The molecule has 3 aromatic rings. The molecule has 222 valence electrons. The van der Waals surface area contributed by atoms with Crippen molar-refractivity contribution < 1.29 is 33.4 Å². The summed E-state index contributed by atoms with van der Waals surface area (Å²) in [6, 6.07) is 14.6.